The van der Waals surface area contributed by atoms with Crippen LogP contribution in [0.1, 0.15) is 47.1 Å². The third-order valence-electron chi connectivity index (χ3n) is 6.41. The minimum atomic E-state index is -0.409. The zero-order chi connectivity index (χ0) is 25.2. The fourth-order valence-electron chi connectivity index (χ4n) is 4.37. The molecule has 0 radical (unpaired) electrons. The van der Waals surface area contributed by atoms with Gasteiger partial charge in [-0.05, 0) is 62.7 Å². The third-order valence-corrected chi connectivity index (χ3v) is 6.41. The van der Waals surface area contributed by atoms with Crippen molar-refractivity contribution in [3.8, 4) is 17.2 Å². The van der Waals surface area contributed by atoms with E-state index in [-0.39, 0.29) is 17.2 Å². The molecule has 7 nitrogen and oxygen atoms in total. The van der Waals surface area contributed by atoms with Gasteiger partial charge in [-0.25, -0.2) is 4.79 Å². The van der Waals surface area contributed by atoms with Crippen LogP contribution in [-0.2, 0) is 11.3 Å². The van der Waals surface area contributed by atoms with E-state index >= 15 is 0 Å². The number of hydrogen-bond donors (Lipinski definition) is 0. The van der Waals surface area contributed by atoms with Crippen molar-refractivity contribution in [3.05, 3.63) is 99.4 Å². The van der Waals surface area contributed by atoms with E-state index in [0.717, 1.165) is 5.56 Å². The molecule has 0 saturated carbocycles. The van der Waals surface area contributed by atoms with Gasteiger partial charge in [0, 0.05) is 12.6 Å². The molecule has 0 N–H and O–H groups in total. The van der Waals surface area contributed by atoms with E-state index in [1.807, 2.05) is 24.3 Å². The molecule has 36 heavy (non-hydrogen) atoms. The van der Waals surface area contributed by atoms with E-state index in [1.54, 1.807) is 44.2 Å². The van der Waals surface area contributed by atoms with Gasteiger partial charge in [-0.3, -0.25) is 9.69 Å². The molecule has 1 atom stereocenters. The molecule has 2 heterocycles. The summed E-state index contributed by atoms with van der Waals surface area (Å²) in [5.74, 6) is 1.20. The van der Waals surface area contributed by atoms with Crippen LogP contribution in [0.4, 0.5) is 0 Å². The second-order valence-corrected chi connectivity index (χ2v) is 8.69. The van der Waals surface area contributed by atoms with Crippen molar-refractivity contribution in [2.24, 2.45) is 0 Å². The number of carbonyl (C=O) groups excluding carboxylic acids is 1. The molecule has 5 rings (SSSR count). The number of nitrogens with zero attached hydrogens (tertiary/aromatic N) is 1. The number of fused-ring (bicyclic) bond motifs is 3. The lowest BCUT2D eigenvalue weighted by molar-refractivity contribution is 0.0526. The number of benzene rings is 3. The molecule has 184 valence electrons. The van der Waals surface area contributed by atoms with E-state index < -0.39 is 5.97 Å². The maximum absolute atomic E-state index is 13.4. The largest absolute Gasteiger partial charge is 0.478 e. The SMILES string of the molecule is CCOC(=O)c1ccc(Oc2c(C)oc3c4c(ccc3c2=O)OCN(C(C)c2ccccc2)C4)cc1. The molecule has 0 amide bonds. The number of carbonyl (C=O) groups is 1. The van der Waals surface area contributed by atoms with Crippen LogP contribution in [-0.4, -0.2) is 24.2 Å². The first-order valence-electron chi connectivity index (χ1n) is 11.9. The molecule has 1 aromatic heterocycles. The molecule has 1 unspecified atom stereocenters. The average Bonchev–Trinajstić information content (AvgIpc) is 2.91. The van der Waals surface area contributed by atoms with Crippen LogP contribution >= 0.6 is 0 Å². The Balaban J connectivity index is 1.45. The summed E-state index contributed by atoms with van der Waals surface area (Å²) in [6.45, 7) is 6.92. The van der Waals surface area contributed by atoms with Gasteiger partial charge in [0.25, 0.3) is 0 Å². The van der Waals surface area contributed by atoms with Crippen LogP contribution in [0.3, 0.4) is 0 Å². The lowest BCUT2D eigenvalue weighted by atomic mass is 10.0. The Kier molecular flexibility index (Phi) is 6.48. The molecule has 1 aliphatic heterocycles. The second kappa shape index (κ2) is 9.87. The zero-order valence-electron chi connectivity index (χ0n) is 20.4. The molecular weight excluding hydrogens is 458 g/mol. The third kappa shape index (κ3) is 4.45. The van der Waals surface area contributed by atoms with E-state index in [4.69, 9.17) is 18.6 Å². The van der Waals surface area contributed by atoms with Crippen molar-refractivity contribution in [1.29, 1.82) is 0 Å². The van der Waals surface area contributed by atoms with Crippen molar-refractivity contribution < 1.29 is 23.4 Å². The fourth-order valence-corrected chi connectivity index (χ4v) is 4.37. The summed E-state index contributed by atoms with van der Waals surface area (Å²) >= 11 is 0. The molecule has 0 spiro atoms. The van der Waals surface area contributed by atoms with E-state index in [9.17, 15) is 9.59 Å². The predicted octanol–water partition coefficient (Wildman–Crippen LogP) is 5.98. The molecule has 0 fully saturated rings. The summed E-state index contributed by atoms with van der Waals surface area (Å²) < 4.78 is 23.1. The van der Waals surface area contributed by atoms with Gasteiger partial charge in [0.15, 0.2) is 0 Å². The molecule has 4 aromatic rings. The summed E-state index contributed by atoms with van der Waals surface area (Å²) in [5.41, 5.74) is 2.68. The Morgan fingerprint density at radius 2 is 1.81 bits per heavy atom. The van der Waals surface area contributed by atoms with Crippen LogP contribution in [0.2, 0.25) is 0 Å². The number of ether oxygens (including phenoxy) is 3. The zero-order valence-corrected chi connectivity index (χ0v) is 20.4. The first kappa shape index (κ1) is 23.6. The second-order valence-electron chi connectivity index (χ2n) is 8.69. The van der Waals surface area contributed by atoms with Gasteiger partial charge in [0.2, 0.25) is 11.2 Å². The van der Waals surface area contributed by atoms with Gasteiger partial charge in [-0.15, -0.1) is 0 Å². The monoisotopic (exact) mass is 485 g/mol. The highest BCUT2D eigenvalue weighted by Crippen LogP contribution is 2.36. The van der Waals surface area contributed by atoms with E-state index in [1.165, 1.54) is 5.56 Å². The summed E-state index contributed by atoms with van der Waals surface area (Å²) in [7, 11) is 0. The minimum absolute atomic E-state index is 0.109. The lowest BCUT2D eigenvalue weighted by Gasteiger charge is -2.34. The highest BCUT2D eigenvalue weighted by molar-refractivity contribution is 5.89. The highest BCUT2D eigenvalue weighted by atomic mass is 16.5. The van der Waals surface area contributed by atoms with Crippen molar-refractivity contribution in [1.82, 2.24) is 4.90 Å². The van der Waals surface area contributed by atoms with Crippen LogP contribution in [0.15, 0.2) is 75.9 Å². The van der Waals surface area contributed by atoms with Gasteiger partial charge in [0.05, 0.1) is 23.1 Å². The first-order valence-corrected chi connectivity index (χ1v) is 11.9. The Morgan fingerprint density at radius 1 is 1.06 bits per heavy atom. The average molecular weight is 486 g/mol. The van der Waals surface area contributed by atoms with Crippen molar-refractivity contribution in [3.63, 3.8) is 0 Å². The minimum Gasteiger partial charge on any atom is -0.478 e. The Labute approximate surface area is 208 Å². The van der Waals surface area contributed by atoms with Crippen molar-refractivity contribution >= 4 is 16.9 Å². The molecule has 1 aliphatic rings. The molecule has 0 saturated heterocycles. The lowest BCUT2D eigenvalue weighted by Crippen LogP contribution is -2.34. The summed E-state index contributed by atoms with van der Waals surface area (Å²) in [6.07, 6.45) is 0. The van der Waals surface area contributed by atoms with Gasteiger partial charge in [-0.2, -0.15) is 0 Å². The molecule has 7 heteroatoms. The molecule has 0 bridgehead atoms. The topological polar surface area (TPSA) is 78.2 Å². The maximum Gasteiger partial charge on any atom is 0.338 e. The standard InChI is InChI=1S/C29H27NO6/c1-4-33-29(32)21-10-12-22(13-11-21)36-27-19(3)35-28-23(26(27)31)14-15-25-24(28)16-30(17-34-25)18(2)20-8-6-5-7-9-20/h5-15,18H,4,16-17H2,1-3H3. The Hall–Kier alpha value is -4.10. The molecular formula is C29H27NO6. The van der Waals surface area contributed by atoms with Crippen molar-refractivity contribution in [2.75, 3.05) is 13.3 Å². The summed E-state index contributed by atoms with van der Waals surface area (Å²) in [5, 5.41) is 0.426. The number of hydrogen-bond acceptors (Lipinski definition) is 7. The van der Waals surface area contributed by atoms with E-state index in [0.29, 0.717) is 53.7 Å². The van der Waals surface area contributed by atoms with Gasteiger partial charge < -0.3 is 18.6 Å². The predicted molar refractivity (Wildman–Crippen MR) is 136 cm³/mol. The number of rotatable bonds is 6. The van der Waals surface area contributed by atoms with Gasteiger partial charge in [-0.1, -0.05) is 30.3 Å². The van der Waals surface area contributed by atoms with Crippen LogP contribution < -0.4 is 14.9 Å². The van der Waals surface area contributed by atoms with Gasteiger partial charge >= 0.3 is 5.97 Å². The highest BCUT2D eigenvalue weighted by Gasteiger charge is 2.27. The molecule has 3 aromatic carbocycles. The number of aryl methyl sites for hydroxylation is 1. The quantitative estimate of drug-likeness (QED) is 0.311. The Morgan fingerprint density at radius 3 is 2.53 bits per heavy atom. The van der Waals surface area contributed by atoms with E-state index in [2.05, 4.69) is 24.0 Å². The maximum atomic E-state index is 13.4. The summed E-state index contributed by atoms with van der Waals surface area (Å²) in [4.78, 5) is 27.5. The molecule has 0 aliphatic carbocycles. The van der Waals surface area contributed by atoms with Crippen molar-refractivity contribution in [2.45, 2.75) is 33.4 Å². The van der Waals surface area contributed by atoms with Crippen LogP contribution in [0, 0.1) is 6.92 Å². The number of esters is 1. The first-order chi connectivity index (χ1) is 17.5. The Bertz CT molecular complexity index is 1460. The van der Waals surface area contributed by atoms with Gasteiger partial charge in [0.1, 0.15) is 29.6 Å². The normalized spacial score (nSPS) is 14.1. The van der Waals surface area contributed by atoms with Crippen LogP contribution in [0.5, 0.6) is 17.2 Å². The summed E-state index contributed by atoms with van der Waals surface area (Å²) in [6, 6.07) is 20.3. The smallest absolute Gasteiger partial charge is 0.338 e. The van der Waals surface area contributed by atoms with Crippen LogP contribution in [0.25, 0.3) is 11.0 Å². The fraction of sp³-hybridized carbons (Fsp3) is 0.241.